The summed E-state index contributed by atoms with van der Waals surface area (Å²) < 4.78 is 0. The lowest BCUT2D eigenvalue weighted by Gasteiger charge is -2.14. The van der Waals surface area contributed by atoms with Crippen LogP contribution in [0.2, 0.25) is 0 Å². The van der Waals surface area contributed by atoms with Gasteiger partial charge in [0.25, 0.3) is 0 Å². The summed E-state index contributed by atoms with van der Waals surface area (Å²) >= 11 is 0. The first-order chi connectivity index (χ1) is 10.1. The van der Waals surface area contributed by atoms with Gasteiger partial charge in [0.2, 0.25) is 5.91 Å². The Balaban J connectivity index is 2.10. The lowest BCUT2D eigenvalue weighted by Crippen LogP contribution is -2.29. The number of aromatic amines is 1. The molecular formula is C17H22N2O2. The largest absolute Gasteiger partial charge is 0.361 e. The fraction of sp³-hybridized carbons (Fsp3) is 0.412. The molecule has 0 radical (unpaired) electrons. The molecule has 1 amide bonds. The number of hydrogen-bond donors (Lipinski definition) is 2. The van der Waals surface area contributed by atoms with Crippen LogP contribution in [0.15, 0.2) is 30.5 Å². The van der Waals surface area contributed by atoms with E-state index in [1.165, 1.54) is 0 Å². The molecule has 1 unspecified atom stereocenters. The lowest BCUT2D eigenvalue weighted by atomic mass is 9.92. The Hall–Kier alpha value is -2.10. The summed E-state index contributed by atoms with van der Waals surface area (Å²) in [7, 11) is 1.66. The summed E-state index contributed by atoms with van der Waals surface area (Å²) in [5, 5.41) is 3.89. The Labute approximate surface area is 124 Å². The third-order valence-corrected chi connectivity index (χ3v) is 3.84. The molecule has 112 valence electrons. The molecule has 0 aliphatic heterocycles. The third-order valence-electron chi connectivity index (χ3n) is 3.84. The highest BCUT2D eigenvalue weighted by atomic mass is 16.1. The van der Waals surface area contributed by atoms with E-state index in [0.29, 0.717) is 12.8 Å². The summed E-state index contributed by atoms with van der Waals surface area (Å²) in [4.78, 5) is 26.3. The number of nitrogens with one attached hydrogen (secondary N) is 2. The lowest BCUT2D eigenvalue weighted by molar-refractivity contribution is -0.125. The van der Waals surface area contributed by atoms with Crippen LogP contribution in [0.3, 0.4) is 0 Å². The standard InChI is InChI=1S/C17H22N2O2/c1-12(20)6-5-7-13(17(21)18-2)10-14-11-19-16-9-4-3-8-15(14)16/h3-4,8-9,11,13,19H,5-7,10H2,1-2H3,(H,18,21). The summed E-state index contributed by atoms with van der Waals surface area (Å²) in [6.07, 6.45) is 4.71. The molecular weight excluding hydrogens is 264 g/mol. The Morgan fingerprint density at radius 1 is 1.29 bits per heavy atom. The van der Waals surface area contributed by atoms with Crippen molar-refractivity contribution in [3.05, 3.63) is 36.0 Å². The van der Waals surface area contributed by atoms with Gasteiger partial charge in [-0.15, -0.1) is 0 Å². The molecule has 4 heteroatoms. The zero-order chi connectivity index (χ0) is 15.2. The number of carbonyl (C=O) groups is 2. The first-order valence-corrected chi connectivity index (χ1v) is 7.38. The summed E-state index contributed by atoms with van der Waals surface area (Å²) in [6, 6.07) is 8.09. The van der Waals surface area contributed by atoms with Crippen molar-refractivity contribution < 1.29 is 9.59 Å². The Bertz CT molecular complexity index is 631. The number of H-pyrrole nitrogens is 1. The topological polar surface area (TPSA) is 62.0 Å². The number of aromatic nitrogens is 1. The number of para-hydroxylation sites is 1. The molecule has 21 heavy (non-hydrogen) atoms. The minimum absolute atomic E-state index is 0.0452. The first kappa shape index (κ1) is 15.3. The highest BCUT2D eigenvalue weighted by molar-refractivity contribution is 5.84. The van der Waals surface area contributed by atoms with Crippen molar-refractivity contribution in [2.24, 2.45) is 5.92 Å². The number of rotatable bonds is 7. The molecule has 2 rings (SSSR count). The number of ketones is 1. The van der Waals surface area contributed by atoms with Gasteiger partial charge in [-0.25, -0.2) is 0 Å². The van der Waals surface area contributed by atoms with Crippen molar-refractivity contribution in [3.8, 4) is 0 Å². The molecule has 0 aliphatic carbocycles. The normalized spacial score (nSPS) is 12.3. The predicted molar refractivity (Wildman–Crippen MR) is 84.1 cm³/mol. The average molecular weight is 286 g/mol. The van der Waals surface area contributed by atoms with E-state index in [1.54, 1.807) is 14.0 Å². The van der Waals surface area contributed by atoms with Crippen molar-refractivity contribution >= 4 is 22.6 Å². The number of fused-ring (bicyclic) bond motifs is 1. The smallest absolute Gasteiger partial charge is 0.223 e. The first-order valence-electron chi connectivity index (χ1n) is 7.38. The van der Waals surface area contributed by atoms with Crippen LogP contribution in [0.25, 0.3) is 10.9 Å². The van der Waals surface area contributed by atoms with Crippen molar-refractivity contribution in [2.45, 2.75) is 32.6 Å². The Kier molecular flexibility index (Phi) is 5.14. The molecule has 0 aliphatic rings. The van der Waals surface area contributed by atoms with Crippen LogP contribution in [-0.4, -0.2) is 23.7 Å². The van der Waals surface area contributed by atoms with Gasteiger partial charge >= 0.3 is 0 Å². The molecule has 1 atom stereocenters. The molecule has 0 spiro atoms. The minimum Gasteiger partial charge on any atom is -0.361 e. The van der Waals surface area contributed by atoms with Crippen molar-refractivity contribution in [1.29, 1.82) is 0 Å². The molecule has 0 bridgehead atoms. The van der Waals surface area contributed by atoms with E-state index >= 15 is 0 Å². The SMILES string of the molecule is CNC(=O)C(CCCC(C)=O)Cc1c[nH]c2ccccc12. The number of amides is 1. The van der Waals surface area contributed by atoms with E-state index in [4.69, 9.17) is 0 Å². The Morgan fingerprint density at radius 3 is 2.76 bits per heavy atom. The predicted octanol–water partition coefficient (Wildman–Crippen LogP) is 2.83. The van der Waals surface area contributed by atoms with E-state index in [2.05, 4.69) is 16.4 Å². The maximum atomic E-state index is 12.0. The molecule has 0 fully saturated rings. The number of Topliss-reactive ketones (excluding diaryl/α,β-unsaturated/α-hetero) is 1. The fourth-order valence-electron chi connectivity index (χ4n) is 2.69. The summed E-state index contributed by atoms with van der Waals surface area (Å²) in [5.74, 6) is 0.134. The molecule has 2 N–H and O–H groups in total. The van der Waals surface area contributed by atoms with Gasteiger partial charge < -0.3 is 15.1 Å². The second-order valence-electron chi connectivity index (χ2n) is 5.47. The highest BCUT2D eigenvalue weighted by Crippen LogP contribution is 2.23. The van der Waals surface area contributed by atoms with Crippen LogP contribution in [-0.2, 0) is 16.0 Å². The van der Waals surface area contributed by atoms with E-state index in [0.717, 1.165) is 29.3 Å². The number of hydrogen-bond acceptors (Lipinski definition) is 2. The van der Waals surface area contributed by atoms with Crippen molar-refractivity contribution in [2.75, 3.05) is 7.05 Å². The van der Waals surface area contributed by atoms with Gasteiger partial charge in [0.05, 0.1) is 0 Å². The van der Waals surface area contributed by atoms with Gasteiger partial charge in [-0.2, -0.15) is 0 Å². The monoisotopic (exact) mass is 286 g/mol. The third kappa shape index (κ3) is 3.94. The molecule has 0 saturated carbocycles. The summed E-state index contributed by atoms with van der Waals surface area (Å²) in [6.45, 7) is 1.59. The number of carbonyl (C=O) groups excluding carboxylic acids is 2. The van der Waals surface area contributed by atoms with Crippen molar-refractivity contribution in [3.63, 3.8) is 0 Å². The average Bonchev–Trinajstić information content (AvgIpc) is 2.88. The zero-order valence-electron chi connectivity index (χ0n) is 12.6. The second kappa shape index (κ2) is 7.07. The minimum atomic E-state index is -0.0893. The molecule has 2 aromatic rings. The van der Waals surface area contributed by atoms with Gasteiger partial charge in [0.1, 0.15) is 5.78 Å². The number of benzene rings is 1. The van der Waals surface area contributed by atoms with Crippen molar-refractivity contribution in [1.82, 2.24) is 10.3 Å². The zero-order valence-corrected chi connectivity index (χ0v) is 12.6. The summed E-state index contributed by atoms with van der Waals surface area (Å²) in [5.41, 5.74) is 2.24. The van der Waals surface area contributed by atoms with E-state index < -0.39 is 0 Å². The molecule has 4 nitrogen and oxygen atoms in total. The van der Waals surface area contributed by atoms with Crippen LogP contribution in [0.1, 0.15) is 31.7 Å². The molecule has 1 aromatic carbocycles. The van der Waals surface area contributed by atoms with E-state index in [-0.39, 0.29) is 17.6 Å². The van der Waals surface area contributed by atoms with Crippen LogP contribution in [0, 0.1) is 5.92 Å². The highest BCUT2D eigenvalue weighted by Gasteiger charge is 2.19. The molecule has 0 saturated heterocycles. The van der Waals surface area contributed by atoms with Gasteiger partial charge in [0.15, 0.2) is 0 Å². The Morgan fingerprint density at radius 2 is 2.05 bits per heavy atom. The maximum Gasteiger partial charge on any atom is 0.223 e. The van der Waals surface area contributed by atoms with E-state index in [9.17, 15) is 9.59 Å². The van der Waals surface area contributed by atoms with Crippen LogP contribution >= 0.6 is 0 Å². The van der Waals surface area contributed by atoms with E-state index in [1.807, 2.05) is 24.4 Å². The fourth-order valence-corrected chi connectivity index (χ4v) is 2.69. The van der Waals surface area contributed by atoms with Crippen LogP contribution in [0.4, 0.5) is 0 Å². The second-order valence-corrected chi connectivity index (χ2v) is 5.47. The van der Waals surface area contributed by atoms with Gasteiger partial charge in [-0.1, -0.05) is 18.2 Å². The molecule has 1 heterocycles. The van der Waals surface area contributed by atoms with Crippen LogP contribution in [0.5, 0.6) is 0 Å². The van der Waals surface area contributed by atoms with Gasteiger partial charge in [-0.3, -0.25) is 4.79 Å². The van der Waals surface area contributed by atoms with Gasteiger partial charge in [0, 0.05) is 36.5 Å². The maximum absolute atomic E-state index is 12.0. The molecule has 1 aromatic heterocycles. The van der Waals surface area contributed by atoms with Crippen LogP contribution < -0.4 is 5.32 Å². The van der Waals surface area contributed by atoms with Gasteiger partial charge in [-0.05, 0) is 37.8 Å². The quantitative estimate of drug-likeness (QED) is 0.822.